The maximum atomic E-state index is 5.84. The zero-order valence-electron chi connectivity index (χ0n) is 11.7. The second-order valence-electron chi connectivity index (χ2n) is 4.40. The smallest absolute Gasteiger partial charge is 0.122 e. The van der Waals surface area contributed by atoms with Gasteiger partial charge in [-0.15, -0.1) is 0 Å². The lowest BCUT2D eigenvalue weighted by Crippen LogP contribution is -2.18. The van der Waals surface area contributed by atoms with Crippen LogP contribution in [-0.4, -0.2) is 34.0 Å². The van der Waals surface area contributed by atoms with Gasteiger partial charge in [0.1, 0.15) is 11.5 Å². The van der Waals surface area contributed by atoms with Crippen molar-refractivity contribution in [1.29, 1.82) is 0 Å². The zero-order valence-corrected chi connectivity index (χ0v) is 11.7. The lowest BCUT2D eigenvalue weighted by molar-refractivity contribution is 0.201. The van der Waals surface area contributed by atoms with Crippen LogP contribution in [0, 0.1) is 0 Å². The Kier molecular flexibility index (Phi) is 5.95. The Balaban J connectivity index is 3.06. The highest BCUT2D eigenvalue weighted by atomic mass is 16.5. The molecule has 1 atom stereocenters. The molecule has 0 spiro atoms. The molecule has 4 nitrogen and oxygen atoms in total. The molecule has 102 valence electrons. The summed E-state index contributed by atoms with van der Waals surface area (Å²) >= 11 is 0. The minimum atomic E-state index is 0.0911. The average molecular weight is 253 g/mol. The minimum absolute atomic E-state index is 0.0911. The van der Waals surface area contributed by atoms with Crippen LogP contribution in [0.5, 0.6) is 11.5 Å². The normalized spacial score (nSPS) is 12.3. The van der Waals surface area contributed by atoms with Gasteiger partial charge in [-0.25, -0.2) is 0 Å². The van der Waals surface area contributed by atoms with Gasteiger partial charge in [0, 0.05) is 18.7 Å². The van der Waals surface area contributed by atoms with E-state index in [0.29, 0.717) is 6.61 Å². The predicted molar refractivity (Wildman–Crippen MR) is 72.5 cm³/mol. The van der Waals surface area contributed by atoms with Gasteiger partial charge in [-0.05, 0) is 37.5 Å². The van der Waals surface area contributed by atoms with E-state index in [0.717, 1.165) is 35.5 Å². The Labute approximate surface area is 109 Å². The van der Waals surface area contributed by atoms with Gasteiger partial charge in [0.25, 0.3) is 0 Å². The van der Waals surface area contributed by atoms with Crippen molar-refractivity contribution < 1.29 is 14.2 Å². The monoisotopic (exact) mass is 253 g/mol. The molecule has 1 aromatic rings. The molecule has 0 saturated carbocycles. The fourth-order valence-electron chi connectivity index (χ4n) is 1.94. The van der Waals surface area contributed by atoms with Gasteiger partial charge in [-0.3, -0.25) is 0 Å². The molecule has 0 radical (unpaired) electrons. The van der Waals surface area contributed by atoms with E-state index in [1.54, 1.807) is 21.3 Å². The van der Waals surface area contributed by atoms with E-state index >= 15 is 0 Å². The summed E-state index contributed by atoms with van der Waals surface area (Å²) in [7, 11) is 5.04. The fourth-order valence-corrected chi connectivity index (χ4v) is 1.94. The van der Waals surface area contributed by atoms with Gasteiger partial charge in [-0.2, -0.15) is 0 Å². The van der Waals surface area contributed by atoms with Crippen LogP contribution in [0.4, 0.5) is 0 Å². The molecule has 1 unspecified atom stereocenters. The maximum Gasteiger partial charge on any atom is 0.122 e. The van der Waals surface area contributed by atoms with E-state index in [4.69, 9.17) is 19.9 Å². The van der Waals surface area contributed by atoms with Crippen LogP contribution in [0.15, 0.2) is 12.1 Å². The number of hydrogen-bond acceptors (Lipinski definition) is 4. The quantitative estimate of drug-likeness (QED) is 0.805. The van der Waals surface area contributed by atoms with Crippen LogP contribution in [0.2, 0.25) is 0 Å². The van der Waals surface area contributed by atoms with Gasteiger partial charge in [-0.1, -0.05) is 0 Å². The highest BCUT2D eigenvalue weighted by molar-refractivity contribution is 5.47. The molecule has 0 aliphatic heterocycles. The maximum absolute atomic E-state index is 5.84. The summed E-state index contributed by atoms with van der Waals surface area (Å²) in [5.74, 6) is 1.72. The van der Waals surface area contributed by atoms with Crippen molar-refractivity contribution in [3.63, 3.8) is 0 Å². The first-order chi connectivity index (χ1) is 8.62. The zero-order chi connectivity index (χ0) is 13.5. The van der Waals surface area contributed by atoms with Crippen molar-refractivity contribution in [1.82, 2.24) is 0 Å². The molecular formula is C14H23NO3. The number of methoxy groups -OCH3 is 3. The summed E-state index contributed by atoms with van der Waals surface area (Å²) in [5, 5.41) is 0. The lowest BCUT2D eigenvalue weighted by atomic mass is 10.0. The molecule has 1 aromatic carbocycles. The van der Waals surface area contributed by atoms with E-state index in [1.165, 1.54) is 0 Å². The van der Waals surface area contributed by atoms with Gasteiger partial charge in [0.15, 0.2) is 0 Å². The molecule has 0 amide bonds. The molecule has 2 N–H and O–H groups in total. The summed E-state index contributed by atoms with van der Waals surface area (Å²) in [5.41, 5.74) is 8.00. The highest BCUT2D eigenvalue weighted by Crippen LogP contribution is 2.30. The summed E-state index contributed by atoms with van der Waals surface area (Å²) in [4.78, 5) is 0. The van der Waals surface area contributed by atoms with Gasteiger partial charge in [0.2, 0.25) is 0 Å². The largest absolute Gasteiger partial charge is 0.496 e. The van der Waals surface area contributed by atoms with E-state index in [-0.39, 0.29) is 6.04 Å². The van der Waals surface area contributed by atoms with Crippen molar-refractivity contribution in [3.05, 3.63) is 23.3 Å². The third kappa shape index (κ3) is 3.89. The highest BCUT2D eigenvalue weighted by Gasteiger charge is 2.12. The molecule has 0 heterocycles. The average Bonchev–Trinajstić information content (AvgIpc) is 2.35. The molecule has 18 heavy (non-hydrogen) atoms. The van der Waals surface area contributed by atoms with Crippen molar-refractivity contribution in [3.8, 4) is 11.5 Å². The van der Waals surface area contributed by atoms with Crippen molar-refractivity contribution in [2.45, 2.75) is 25.8 Å². The second-order valence-corrected chi connectivity index (χ2v) is 4.40. The first-order valence-electron chi connectivity index (χ1n) is 6.10. The van der Waals surface area contributed by atoms with Crippen LogP contribution in [0.3, 0.4) is 0 Å². The first kappa shape index (κ1) is 14.8. The Bertz CT molecular complexity index is 378. The molecule has 1 rings (SSSR count). The van der Waals surface area contributed by atoms with E-state index in [9.17, 15) is 0 Å². The number of ether oxygens (including phenoxy) is 3. The standard InChI is InChI=1S/C14H23NO3/c1-10(15)7-12-9-13(17-3)11(5-6-16-2)8-14(12)18-4/h8-10H,5-7,15H2,1-4H3. The molecule has 0 aliphatic carbocycles. The number of benzene rings is 1. The summed E-state index contributed by atoms with van der Waals surface area (Å²) in [6, 6.07) is 4.11. The second kappa shape index (κ2) is 7.24. The van der Waals surface area contributed by atoms with Gasteiger partial charge >= 0.3 is 0 Å². The summed E-state index contributed by atoms with van der Waals surface area (Å²) < 4.78 is 15.9. The molecule has 0 bridgehead atoms. The molecule has 0 aliphatic rings. The Morgan fingerprint density at radius 3 is 2.11 bits per heavy atom. The molecule has 4 heteroatoms. The van der Waals surface area contributed by atoms with Gasteiger partial charge in [0.05, 0.1) is 20.8 Å². The van der Waals surface area contributed by atoms with E-state index in [2.05, 4.69) is 0 Å². The van der Waals surface area contributed by atoms with Gasteiger partial charge < -0.3 is 19.9 Å². The minimum Gasteiger partial charge on any atom is -0.496 e. The summed E-state index contributed by atoms with van der Waals surface area (Å²) in [6.07, 6.45) is 1.57. The van der Waals surface area contributed by atoms with Crippen molar-refractivity contribution in [2.24, 2.45) is 5.73 Å². The van der Waals surface area contributed by atoms with E-state index in [1.807, 2.05) is 19.1 Å². The van der Waals surface area contributed by atoms with Crippen LogP contribution < -0.4 is 15.2 Å². The third-order valence-electron chi connectivity index (χ3n) is 2.80. The summed E-state index contributed by atoms with van der Waals surface area (Å²) in [6.45, 7) is 2.64. The number of hydrogen-bond donors (Lipinski definition) is 1. The lowest BCUT2D eigenvalue weighted by Gasteiger charge is -2.16. The molecule has 0 saturated heterocycles. The molecular weight excluding hydrogens is 230 g/mol. The number of rotatable bonds is 7. The molecule has 0 aromatic heterocycles. The number of nitrogens with two attached hydrogens (primary N) is 1. The van der Waals surface area contributed by atoms with Crippen molar-refractivity contribution in [2.75, 3.05) is 27.9 Å². The Morgan fingerprint density at radius 1 is 1.06 bits per heavy atom. The van der Waals surface area contributed by atoms with Crippen LogP contribution in [0.25, 0.3) is 0 Å². The van der Waals surface area contributed by atoms with E-state index < -0.39 is 0 Å². The SMILES string of the molecule is COCCc1cc(OC)c(CC(C)N)cc1OC. The predicted octanol–water partition coefficient (Wildman–Crippen LogP) is 1.78. The molecule has 0 fully saturated rings. The van der Waals surface area contributed by atoms with Crippen LogP contribution in [0.1, 0.15) is 18.1 Å². The Morgan fingerprint density at radius 2 is 1.61 bits per heavy atom. The fraction of sp³-hybridized carbons (Fsp3) is 0.571. The van der Waals surface area contributed by atoms with Crippen LogP contribution >= 0.6 is 0 Å². The topological polar surface area (TPSA) is 53.7 Å². The Hall–Kier alpha value is -1.26. The third-order valence-corrected chi connectivity index (χ3v) is 2.80. The van der Waals surface area contributed by atoms with Crippen molar-refractivity contribution >= 4 is 0 Å². The van der Waals surface area contributed by atoms with Crippen LogP contribution in [-0.2, 0) is 17.6 Å². The first-order valence-corrected chi connectivity index (χ1v) is 6.10.